The maximum atomic E-state index is 12.6. The van der Waals surface area contributed by atoms with Gasteiger partial charge in [0.05, 0.1) is 5.56 Å². The summed E-state index contributed by atoms with van der Waals surface area (Å²) in [5, 5.41) is 2.93. The SMILES string of the molecule is CN(C)CCCNC(=O)C1CCN(C(=O)c2ccc(C(F)(F)F)cc2)CC1. The van der Waals surface area contributed by atoms with Crippen LogP contribution in [-0.2, 0) is 11.0 Å². The Labute approximate surface area is 157 Å². The van der Waals surface area contributed by atoms with E-state index in [0.717, 1.165) is 25.1 Å². The summed E-state index contributed by atoms with van der Waals surface area (Å²) in [6.07, 6.45) is -2.42. The maximum Gasteiger partial charge on any atom is 0.416 e. The van der Waals surface area contributed by atoms with Crippen molar-refractivity contribution < 1.29 is 22.8 Å². The van der Waals surface area contributed by atoms with Crippen molar-refractivity contribution in [2.45, 2.75) is 25.4 Å². The highest BCUT2D eigenvalue weighted by atomic mass is 19.4. The molecule has 1 aromatic carbocycles. The summed E-state index contributed by atoms with van der Waals surface area (Å²) < 4.78 is 37.8. The second-order valence-corrected chi connectivity index (χ2v) is 7.09. The number of hydrogen-bond acceptors (Lipinski definition) is 3. The van der Waals surface area contributed by atoms with Crippen molar-refractivity contribution in [2.24, 2.45) is 5.92 Å². The summed E-state index contributed by atoms with van der Waals surface area (Å²) in [7, 11) is 3.95. The molecule has 0 spiro atoms. The molecule has 27 heavy (non-hydrogen) atoms. The van der Waals surface area contributed by atoms with Crippen LogP contribution in [0.4, 0.5) is 13.2 Å². The van der Waals surface area contributed by atoms with Crippen molar-refractivity contribution >= 4 is 11.8 Å². The molecule has 1 heterocycles. The number of benzene rings is 1. The van der Waals surface area contributed by atoms with Gasteiger partial charge in [0.1, 0.15) is 0 Å². The van der Waals surface area contributed by atoms with Gasteiger partial charge in [-0.2, -0.15) is 13.2 Å². The Balaban J connectivity index is 1.81. The highest BCUT2D eigenvalue weighted by Crippen LogP contribution is 2.29. The Kier molecular flexibility index (Phi) is 7.24. The van der Waals surface area contributed by atoms with Gasteiger partial charge in [-0.3, -0.25) is 9.59 Å². The van der Waals surface area contributed by atoms with Crippen molar-refractivity contribution in [3.63, 3.8) is 0 Å². The molecular formula is C19H26F3N3O2. The van der Waals surface area contributed by atoms with Crippen LogP contribution in [0.25, 0.3) is 0 Å². The molecule has 0 aliphatic carbocycles. The third-order valence-electron chi connectivity index (χ3n) is 4.69. The molecule has 0 atom stereocenters. The van der Waals surface area contributed by atoms with Gasteiger partial charge in [-0.05, 0) is 64.2 Å². The van der Waals surface area contributed by atoms with Crippen LogP contribution in [0.3, 0.4) is 0 Å². The number of nitrogens with one attached hydrogen (secondary N) is 1. The number of alkyl halides is 3. The number of hydrogen-bond donors (Lipinski definition) is 1. The molecule has 1 aliphatic rings. The molecule has 150 valence electrons. The lowest BCUT2D eigenvalue weighted by Gasteiger charge is -2.31. The van der Waals surface area contributed by atoms with Crippen LogP contribution in [0.15, 0.2) is 24.3 Å². The van der Waals surface area contributed by atoms with Crippen LogP contribution < -0.4 is 5.32 Å². The first-order valence-corrected chi connectivity index (χ1v) is 9.07. The minimum Gasteiger partial charge on any atom is -0.356 e. The van der Waals surface area contributed by atoms with Crippen molar-refractivity contribution in [2.75, 3.05) is 40.3 Å². The molecule has 1 aromatic rings. The molecular weight excluding hydrogens is 359 g/mol. The predicted octanol–water partition coefficient (Wildman–Crippen LogP) is 2.63. The summed E-state index contributed by atoms with van der Waals surface area (Å²) in [5.74, 6) is -0.412. The number of rotatable bonds is 6. The fourth-order valence-electron chi connectivity index (χ4n) is 3.08. The summed E-state index contributed by atoms with van der Waals surface area (Å²) in [5.41, 5.74) is -0.543. The lowest BCUT2D eigenvalue weighted by atomic mass is 9.95. The molecule has 1 N–H and O–H groups in total. The fraction of sp³-hybridized carbons (Fsp3) is 0.579. The molecule has 1 aliphatic heterocycles. The minimum atomic E-state index is -4.42. The average Bonchev–Trinajstić information content (AvgIpc) is 2.64. The van der Waals surface area contributed by atoms with E-state index in [2.05, 4.69) is 10.2 Å². The van der Waals surface area contributed by atoms with Crippen molar-refractivity contribution in [1.29, 1.82) is 0 Å². The van der Waals surface area contributed by atoms with E-state index < -0.39 is 11.7 Å². The van der Waals surface area contributed by atoms with Crippen LogP contribution >= 0.6 is 0 Å². The molecule has 1 saturated heterocycles. The summed E-state index contributed by atoms with van der Waals surface area (Å²) >= 11 is 0. The van der Waals surface area contributed by atoms with E-state index in [0.29, 0.717) is 32.5 Å². The Morgan fingerprint density at radius 3 is 2.26 bits per heavy atom. The number of amides is 2. The normalized spacial score (nSPS) is 15.9. The van der Waals surface area contributed by atoms with Crippen LogP contribution in [0.1, 0.15) is 35.2 Å². The van der Waals surface area contributed by atoms with Crippen LogP contribution in [0.5, 0.6) is 0 Å². The zero-order valence-corrected chi connectivity index (χ0v) is 15.7. The van der Waals surface area contributed by atoms with E-state index in [1.807, 2.05) is 14.1 Å². The monoisotopic (exact) mass is 385 g/mol. The van der Waals surface area contributed by atoms with Gasteiger partial charge >= 0.3 is 6.18 Å². The number of likely N-dealkylation sites (tertiary alicyclic amines) is 1. The summed E-state index contributed by atoms with van der Waals surface area (Å²) in [4.78, 5) is 28.3. The minimum absolute atomic E-state index is 0.00962. The first-order chi connectivity index (χ1) is 12.7. The van der Waals surface area contributed by atoms with E-state index in [1.54, 1.807) is 4.90 Å². The second-order valence-electron chi connectivity index (χ2n) is 7.09. The van der Waals surface area contributed by atoms with E-state index >= 15 is 0 Å². The molecule has 0 bridgehead atoms. The van der Waals surface area contributed by atoms with Gasteiger partial charge in [0.2, 0.25) is 5.91 Å². The van der Waals surface area contributed by atoms with E-state index in [-0.39, 0.29) is 23.3 Å². The van der Waals surface area contributed by atoms with Crippen molar-refractivity contribution in [1.82, 2.24) is 15.1 Å². The molecule has 0 saturated carbocycles. The standard InChI is InChI=1S/C19H26F3N3O2/c1-24(2)11-3-10-23-17(26)14-8-12-25(13-9-14)18(27)15-4-6-16(7-5-15)19(20,21)22/h4-7,14H,3,8-13H2,1-2H3,(H,23,26). The Bertz CT molecular complexity index is 637. The second kappa shape index (κ2) is 9.21. The molecule has 0 unspecified atom stereocenters. The van der Waals surface area contributed by atoms with Gasteiger partial charge in [0.25, 0.3) is 5.91 Å². The van der Waals surface area contributed by atoms with Crippen molar-refractivity contribution in [3.8, 4) is 0 Å². The Morgan fingerprint density at radius 2 is 1.74 bits per heavy atom. The number of halogens is 3. The van der Waals surface area contributed by atoms with E-state index in [4.69, 9.17) is 0 Å². The Hall–Kier alpha value is -2.09. The van der Waals surface area contributed by atoms with Crippen LogP contribution in [0.2, 0.25) is 0 Å². The lowest BCUT2D eigenvalue weighted by molar-refractivity contribution is -0.137. The van der Waals surface area contributed by atoms with Crippen LogP contribution in [0, 0.1) is 5.92 Å². The quantitative estimate of drug-likeness (QED) is 0.766. The molecule has 0 aromatic heterocycles. The number of piperidine rings is 1. The highest BCUT2D eigenvalue weighted by molar-refractivity contribution is 5.94. The van der Waals surface area contributed by atoms with Gasteiger partial charge in [-0.25, -0.2) is 0 Å². The predicted molar refractivity (Wildman–Crippen MR) is 96.3 cm³/mol. The Morgan fingerprint density at radius 1 is 1.15 bits per heavy atom. The highest BCUT2D eigenvalue weighted by Gasteiger charge is 2.31. The fourth-order valence-corrected chi connectivity index (χ4v) is 3.08. The van der Waals surface area contributed by atoms with Crippen molar-refractivity contribution in [3.05, 3.63) is 35.4 Å². The largest absolute Gasteiger partial charge is 0.416 e. The van der Waals surface area contributed by atoms with E-state index in [9.17, 15) is 22.8 Å². The van der Waals surface area contributed by atoms with Crippen LogP contribution in [-0.4, -0.2) is 61.9 Å². The maximum absolute atomic E-state index is 12.6. The third kappa shape index (κ3) is 6.23. The number of carbonyl (C=O) groups excluding carboxylic acids is 2. The smallest absolute Gasteiger partial charge is 0.356 e. The molecule has 5 nitrogen and oxygen atoms in total. The third-order valence-corrected chi connectivity index (χ3v) is 4.69. The topological polar surface area (TPSA) is 52.7 Å². The van der Waals surface area contributed by atoms with E-state index in [1.165, 1.54) is 12.1 Å². The lowest BCUT2D eigenvalue weighted by Crippen LogP contribution is -2.43. The van der Waals surface area contributed by atoms with Gasteiger partial charge in [0.15, 0.2) is 0 Å². The zero-order valence-electron chi connectivity index (χ0n) is 15.7. The van der Waals surface area contributed by atoms with Gasteiger partial charge in [0, 0.05) is 31.1 Å². The number of carbonyl (C=O) groups is 2. The summed E-state index contributed by atoms with van der Waals surface area (Å²) in [6.45, 7) is 2.38. The zero-order chi connectivity index (χ0) is 20.0. The molecule has 2 amide bonds. The number of nitrogens with zero attached hydrogens (tertiary/aromatic N) is 2. The summed E-state index contributed by atoms with van der Waals surface area (Å²) in [6, 6.07) is 4.24. The van der Waals surface area contributed by atoms with Gasteiger partial charge < -0.3 is 15.1 Å². The first kappa shape index (κ1) is 21.2. The molecule has 8 heteroatoms. The van der Waals surface area contributed by atoms with Gasteiger partial charge in [-0.1, -0.05) is 0 Å². The first-order valence-electron chi connectivity index (χ1n) is 9.07. The van der Waals surface area contributed by atoms with Gasteiger partial charge in [-0.15, -0.1) is 0 Å². The average molecular weight is 385 g/mol. The molecule has 0 radical (unpaired) electrons. The molecule has 1 fully saturated rings. The molecule has 2 rings (SSSR count).